The quantitative estimate of drug-likeness (QED) is 0.275. The first kappa shape index (κ1) is 30.5. The maximum atomic E-state index is 10.1. The largest absolute Gasteiger partial charge is 0.393 e. The lowest BCUT2D eigenvalue weighted by Gasteiger charge is -2.54. The number of rotatable bonds is 2. The number of nitrogens with one attached hydrogen (secondary N) is 2. The lowest BCUT2D eigenvalue weighted by Crippen LogP contribution is -2.53. The molecule has 13 aliphatic rings. The summed E-state index contributed by atoms with van der Waals surface area (Å²) in [6.07, 6.45) is 29.5. The van der Waals surface area contributed by atoms with Crippen molar-refractivity contribution in [3.8, 4) is 0 Å². The molecule has 12 bridgehead atoms. The third kappa shape index (κ3) is 6.68. The smallest absolute Gasteiger partial charge is 0.0655 e. The van der Waals surface area contributed by atoms with E-state index in [-0.39, 0.29) is 11.7 Å². The summed E-state index contributed by atoms with van der Waals surface area (Å²) in [6, 6.07) is 1.72. The van der Waals surface area contributed by atoms with Gasteiger partial charge in [-0.05, 0) is 195 Å². The second kappa shape index (κ2) is 12.9. The standard InChI is InChI=1S/C11H19N.2C10H16O.C7H15N/c1-12-11-9-3-7-2-8(5-9)6-10(11)4-7;11-10-4-7-1-8(5-10)3-9(2-7)6-10;11-10-8-2-6-1-7(4-8)5-9(10)3-6;1-8-7-5-3-2-4-6-7/h7-12H,2-6H2,1H3;7-9,11H,1-6H2;6-11H,1-5H2;7-8H,2-6H2,1H3. The van der Waals surface area contributed by atoms with Crippen LogP contribution in [0.5, 0.6) is 0 Å². The van der Waals surface area contributed by atoms with E-state index in [4.69, 9.17) is 0 Å². The molecule has 4 N–H and O–H groups in total. The number of hydrogen-bond donors (Lipinski definition) is 4. The molecule has 0 amide bonds. The van der Waals surface area contributed by atoms with Crippen LogP contribution in [0.1, 0.15) is 135 Å². The van der Waals surface area contributed by atoms with Crippen molar-refractivity contribution in [1.29, 1.82) is 0 Å². The van der Waals surface area contributed by atoms with Crippen LogP contribution in [0.15, 0.2) is 0 Å². The third-order valence-electron chi connectivity index (χ3n) is 14.8. The Morgan fingerprint density at radius 1 is 0.476 bits per heavy atom. The molecule has 4 nitrogen and oxygen atoms in total. The molecular weight excluding hydrogens is 516 g/mol. The van der Waals surface area contributed by atoms with Crippen molar-refractivity contribution >= 4 is 0 Å². The van der Waals surface area contributed by atoms with Crippen LogP contribution in [0, 0.1) is 65.1 Å². The van der Waals surface area contributed by atoms with Gasteiger partial charge in [0.05, 0.1) is 11.7 Å². The van der Waals surface area contributed by atoms with Crippen LogP contribution in [-0.4, -0.2) is 48.1 Å². The van der Waals surface area contributed by atoms with Crippen LogP contribution in [0.25, 0.3) is 0 Å². The van der Waals surface area contributed by atoms with E-state index in [1.165, 1.54) is 83.5 Å². The molecule has 0 aromatic carbocycles. The van der Waals surface area contributed by atoms with Gasteiger partial charge in [0.15, 0.2) is 0 Å². The van der Waals surface area contributed by atoms with Gasteiger partial charge in [-0.15, -0.1) is 0 Å². The van der Waals surface area contributed by atoms with Crippen LogP contribution in [-0.2, 0) is 0 Å². The van der Waals surface area contributed by atoms with Gasteiger partial charge in [-0.25, -0.2) is 0 Å². The van der Waals surface area contributed by atoms with Gasteiger partial charge >= 0.3 is 0 Å². The molecule has 240 valence electrons. The van der Waals surface area contributed by atoms with Gasteiger partial charge in [-0.2, -0.15) is 0 Å². The molecule has 13 rings (SSSR count). The fourth-order valence-corrected chi connectivity index (χ4v) is 13.7. The van der Waals surface area contributed by atoms with Crippen molar-refractivity contribution in [2.24, 2.45) is 65.1 Å². The second-order valence-corrected chi connectivity index (χ2v) is 17.9. The molecule has 0 radical (unpaired) electrons. The predicted molar refractivity (Wildman–Crippen MR) is 172 cm³/mol. The predicted octanol–water partition coefficient (Wildman–Crippen LogP) is 7.32. The Bertz CT molecular complexity index is 791. The van der Waals surface area contributed by atoms with Crippen LogP contribution in [0.3, 0.4) is 0 Å². The molecule has 0 unspecified atom stereocenters. The number of aliphatic hydroxyl groups excluding tert-OH is 1. The highest BCUT2D eigenvalue weighted by molar-refractivity contribution is 5.02. The molecule has 0 aromatic rings. The van der Waals surface area contributed by atoms with E-state index in [0.29, 0.717) is 11.8 Å². The van der Waals surface area contributed by atoms with E-state index >= 15 is 0 Å². The summed E-state index contributed by atoms with van der Waals surface area (Å²) in [4.78, 5) is 0. The van der Waals surface area contributed by atoms with Crippen molar-refractivity contribution in [3.05, 3.63) is 0 Å². The summed E-state index contributed by atoms with van der Waals surface area (Å²) in [5.41, 5.74) is -0.200. The van der Waals surface area contributed by atoms with E-state index in [2.05, 4.69) is 24.7 Å². The van der Waals surface area contributed by atoms with Crippen LogP contribution < -0.4 is 10.6 Å². The average Bonchev–Trinajstić information content (AvgIpc) is 2.95. The lowest BCUT2D eigenvalue weighted by atomic mass is 9.54. The highest BCUT2D eigenvalue weighted by atomic mass is 16.3. The zero-order chi connectivity index (χ0) is 28.8. The van der Waals surface area contributed by atoms with Crippen molar-refractivity contribution < 1.29 is 10.2 Å². The Balaban J connectivity index is 0.0000000924. The molecule has 13 fully saturated rings. The van der Waals surface area contributed by atoms with Crippen molar-refractivity contribution in [1.82, 2.24) is 10.6 Å². The normalized spacial score (nSPS) is 52.1. The average molecular weight is 583 g/mol. The zero-order valence-electron chi connectivity index (χ0n) is 27.3. The highest BCUT2D eigenvalue weighted by Crippen LogP contribution is 2.56. The van der Waals surface area contributed by atoms with Gasteiger partial charge in [0.2, 0.25) is 0 Å². The summed E-state index contributed by atoms with van der Waals surface area (Å²) in [5, 5.41) is 26.8. The highest BCUT2D eigenvalue weighted by Gasteiger charge is 2.50. The van der Waals surface area contributed by atoms with Crippen LogP contribution in [0.2, 0.25) is 0 Å². The summed E-state index contributed by atoms with van der Waals surface area (Å²) in [7, 11) is 4.23. The van der Waals surface area contributed by atoms with Crippen molar-refractivity contribution in [3.63, 3.8) is 0 Å². The molecule has 42 heavy (non-hydrogen) atoms. The first-order valence-electron chi connectivity index (χ1n) is 19.1. The molecule has 0 atom stereocenters. The SMILES string of the molecule is CNC1C2CC3CC(C2)CC1C3.CNC1CCCCC1.OC12CC3CC(CC(C3)C1)C2.OC1C2CC3CC(C2)CC1C3. The Labute approximate surface area is 258 Å². The van der Waals surface area contributed by atoms with E-state index in [1.54, 1.807) is 32.1 Å². The molecule has 0 aliphatic heterocycles. The van der Waals surface area contributed by atoms with Gasteiger partial charge in [-0.1, -0.05) is 19.3 Å². The summed E-state index contributed by atoms with van der Waals surface area (Å²) in [6.45, 7) is 0. The molecule has 13 saturated carbocycles. The molecule has 0 spiro atoms. The van der Waals surface area contributed by atoms with E-state index < -0.39 is 0 Å². The van der Waals surface area contributed by atoms with Gasteiger partial charge in [0.25, 0.3) is 0 Å². The molecule has 0 saturated heterocycles. The zero-order valence-corrected chi connectivity index (χ0v) is 27.3. The topological polar surface area (TPSA) is 64.5 Å². The Morgan fingerprint density at radius 3 is 1.19 bits per heavy atom. The van der Waals surface area contributed by atoms with E-state index in [1.807, 2.05) is 0 Å². The first-order valence-corrected chi connectivity index (χ1v) is 19.1. The molecule has 4 heteroatoms. The van der Waals surface area contributed by atoms with Gasteiger partial charge in [0.1, 0.15) is 0 Å². The molecule has 0 aromatic heterocycles. The second-order valence-electron chi connectivity index (χ2n) is 17.9. The first-order chi connectivity index (χ1) is 20.4. The van der Waals surface area contributed by atoms with Crippen LogP contribution in [0.4, 0.5) is 0 Å². The van der Waals surface area contributed by atoms with E-state index in [9.17, 15) is 10.2 Å². The number of hydrogen-bond acceptors (Lipinski definition) is 4. The Morgan fingerprint density at radius 2 is 0.857 bits per heavy atom. The fraction of sp³-hybridized carbons (Fsp3) is 1.00. The van der Waals surface area contributed by atoms with Crippen molar-refractivity contribution in [2.45, 2.75) is 159 Å². The Kier molecular flexibility index (Phi) is 9.38. The van der Waals surface area contributed by atoms with Gasteiger partial charge in [-0.3, -0.25) is 0 Å². The monoisotopic (exact) mass is 583 g/mol. The minimum atomic E-state index is -0.200. The molecule has 13 aliphatic carbocycles. The molecular formula is C38H66N2O2. The van der Waals surface area contributed by atoms with Crippen molar-refractivity contribution in [2.75, 3.05) is 14.1 Å². The summed E-state index contributed by atoms with van der Waals surface area (Å²) >= 11 is 0. The maximum Gasteiger partial charge on any atom is 0.0655 e. The fourth-order valence-electron chi connectivity index (χ4n) is 13.7. The van der Waals surface area contributed by atoms with E-state index in [0.717, 1.165) is 84.6 Å². The third-order valence-corrected chi connectivity index (χ3v) is 14.8. The number of aliphatic hydroxyl groups is 2. The lowest BCUT2D eigenvalue weighted by molar-refractivity contribution is -0.124. The van der Waals surface area contributed by atoms with Gasteiger partial charge < -0.3 is 20.8 Å². The Hall–Kier alpha value is -0.160. The summed E-state index contributed by atoms with van der Waals surface area (Å²) in [5.74, 6) is 10.4. The van der Waals surface area contributed by atoms with Gasteiger partial charge in [0, 0.05) is 12.1 Å². The minimum absolute atomic E-state index is 0.0859. The minimum Gasteiger partial charge on any atom is -0.393 e. The maximum absolute atomic E-state index is 10.1. The van der Waals surface area contributed by atoms with Crippen LogP contribution >= 0.6 is 0 Å². The molecule has 0 heterocycles. The summed E-state index contributed by atoms with van der Waals surface area (Å²) < 4.78 is 0.